The van der Waals surface area contributed by atoms with Gasteiger partial charge in [-0.05, 0) is 137 Å². The number of fused-ring (bicyclic) bond motifs is 2. The van der Waals surface area contributed by atoms with E-state index in [-0.39, 0.29) is 76.9 Å². The molecular formula is C89H104F2N16O14. The Morgan fingerprint density at radius 2 is 0.992 bits per heavy atom. The van der Waals surface area contributed by atoms with Crippen LogP contribution in [0.3, 0.4) is 0 Å². The van der Waals surface area contributed by atoms with E-state index < -0.39 is 166 Å². The van der Waals surface area contributed by atoms with Crippen LogP contribution >= 0.6 is 0 Å². The van der Waals surface area contributed by atoms with Gasteiger partial charge in [0.15, 0.2) is 23.2 Å². The Balaban J connectivity index is 0.898. The third-order valence-electron chi connectivity index (χ3n) is 22.6. The molecule has 0 saturated carbocycles. The number of carboxylic acids is 1. The number of likely N-dealkylation sites (tertiary alicyclic amines) is 2. The number of aromatic nitrogens is 6. The number of nitrogens with one attached hydrogen (secondary N) is 8. The number of likely N-dealkylation sites (N-methyl/N-ethyl adjacent to an activating group) is 2. The van der Waals surface area contributed by atoms with E-state index in [0.29, 0.717) is 45.1 Å². The maximum Gasteiger partial charge on any atom is 0.326 e. The van der Waals surface area contributed by atoms with Crippen LogP contribution in [-0.4, -0.2) is 193 Å². The van der Waals surface area contributed by atoms with Crippen molar-refractivity contribution in [1.29, 1.82) is 0 Å². The normalized spacial score (nSPS) is 20.8. The van der Waals surface area contributed by atoms with E-state index in [4.69, 9.17) is 14.2 Å². The number of carbonyl (C=O) groups excluding carboxylic acids is 9. The molecule has 0 aliphatic carbocycles. The number of halogens is 2. The van der Waals surface area contributed by atoms with Crippen LogP contribution in [-0.2, 0) is 93.4 Å². The van der Waals surface area contributed by atoms with Crippen molar-refractivity contribution >= 4 is 80.6 Å². The van der Waals surface area contributed by atoms with Gasteiger partial charge in [0.2, 0.25) is 47.3 Å². The van der Waals surface area contributed by atoms with Crippen molar-refractivity contribution in [3.63, 3.8) is 0 Å². The quantitative estimate of drug-likeness (QED) is 0.0447. The zero-order valence-electron chi connectivity index (χ0n) is 69.5. The molecule has 121 heavy (non-hydrogen) atoms. The van der Waals surface area contributed by atoms with Gasteiger partial charge >= 0.3 is 5.97 Å². The van der Waals surface area contributed by atoms with Crippen LogP contribution in [0.25, 0.3) is 21.5 Å². The molecule has 7 aromatic carbocycles. The van der Waals surface area contributed by atoms with Crippen molar-refractivity contribution in [3.8, 4) is 17.2 Å². The molecule has 12 bridgehead atoms. The number of rotatable bonds is 17. The maximum atomic E-state index is 15.6. The number of nitrogens with zero attached hydrogens (tertiary/aromatic N) is 8. The lowest BCUT2D eigenvalue weighted by atomic mass is 9.85. The topological polar surface area (TPSA) is 383 Å². The van der Waals surface area contributed by atoms with Gasteiger partial charge in [0.1, 0.15) is 72.4 Å². The zero-order valence-corrected chi connectivity index (χ0v) is 69.5. The Morgan fingerprint density at radius 3 is 1.43 bits per heavy atom. The number of aliphatic carboxylic acids is 1. The summed E-state index contributed by atoms with van der Waals surface area (Å²) >= 11 is 0. The lowest BCUT2D eigenvalue weighted by molar-refractivity contribution is -0.145. The third kappa shape index (κ3) is 21.7. The molecule has 0 radical (unpaired) electrons. The van der Waals surface area contributed by atoms with Crippen molar-refractivity contribution in [2.75, 3.05) is 34.3 Å². The molecule has 2 aromatic heterocycles. The average Bonchev–Trinajstić information content (AvgIpc) is 1.64. The van der Waals surface area contributed by atoms with E-state index in [0.717, 1.165) is 40.8 Å². The summed E-state index contributed by atoms with van der Waals surface area (Å²) in [5.41, 5.74) is 1.16. The summed E-state index contributed by atoms with van der Waals surface area (Å²) in [6, 6.07) is 29.4. The molecule has 6 aliphatic heterocycles. The Hall–Kier alpha value is -12.6. The van der Waals surface area contributed by atoms with Crippen molar-refractivity contribution < 1.29 is 76.0 Å². The maximum absolute atomic E-state index is 15.6. The van der Waals surface area contributed by atoms with Gasteiger partial charge in [0.25, 0.3) is 0 Å². The minimum Gasteiger partial charge on any atom is -0.491 e. The van der Waals surface area contributed by atoms with Crippen LogP contribution in [0.2, 0.25) is 0 Å². The highest BCUT2D eigenvalue weighted by Crippen LogP contribution is 2.35. The van der Waals surface area contributed by atoms with Crippen LogP contribution in [0.15, 0.2) is 158 Å². The standard InChI is InChI=1S/C89H104F2N16O14/c1-50(92-9)79(109)98-77(88(3,4)5)85(115)104-46-64-41-73(104)83(113)95-70(38-54-20-26-57-16-12-14-18-59(57)33-54)75(108)40-61(81(111)94-43-56-35-68(90)76(119-11)69(91)36-56)32-52-22-28-66(29-23-52)120-48-62-45-107(103-100-62)65-42-74(105(47-65)86(116)78(89(6,7)8)99-80(110)51(2)93-10)84(114)96-71(39-55-21-27-58-17-13-15-19-60(58)34-55)82(112)97-72(87(117)118)37-53-24-30-67(31-25-53)121-49-63-44-106(64)102-101-63/h12-31,33-36,44-45,50-51,61,64-65,70-74,77-78,92-93H,32,37-43,46-49H2,1-11H3,(H,94,111)(H,95,113)(H,96,114)(H,97,112)(H,98,109)(H,99,110)(H,117,118)/t50-,51-,61+,64-,65-,70-,71-,72-,73-,74-,77+,78+/m0/s1. The van der Waals surface area contributed by atoms with Crippen molar-refractivity contribution in [1.82, 2.24) is 82.3 Å². The molecular weight excluding hydrogens is 1560 g/mol. The van der Waals surface area contributed by atoms with E-state index in [1.165, 1.54) is 19.2 Å². The number of hydrogen-bond acceptors (Lipinski definition) is 19. The van der Waals surface area contributed by atoms with Crippen LogP contribution in [0.1, 0.15) is 126 Å². The van der Waals surface area contributed by atoms with E-state index in [2.05, 4.69) is 63.2 Å². The van der Waals surface area contributed by atoms with Gasteiger partial charge in [-0.15, -0.1) is 10.2 Å². The van der Waals surface area contributed by atoms with Gasteiger partial charge in [0, 0.05) is 57.7 Å². The summed E-state index contributed by atoms with van der Waals surface area (Å²) < 4.78 is 50.8. The summed E-state index contributed by atoms with van der Waals surface area (Å²) in [5.74, 6) is -10.3. The van der Waals surface area contributed by atoms with Crippen LogP contribution < -0.4 is 56.7 Å². The molecule has 9 N–H and O–H groups in total. The molecule has 0 unspecified atom stereocenters. The van der Waals surface area contributed by atoms with Crippen molar-refractivity contribution in [3.05, 3.63) is 209 Å². The predicted molar refractivity (Wildman–Crippen MR) is 444 cm³/mol. The number of carboxylic acid groups (broad SMARTS) is 1. The predicted octanol–water partition coefficient (Wildman–Crippen LogP) is 6.90. The lowest BCUT2D eigenvalue weighted by Gasteiger charge is -2.36. The summed E-state index contributed by atoms with van der Waals surface area (Å²) in [6.07, 6.45) is 2.08. The molecule has 30 nitrogen and oxygen atoms in total. The molecule has 8 amide bonds. The number of carbonyl (C=O) groups is 10. The average molecular weight is 1660 g/mol. The van der Waals surface area contributed by atoms with E-state index in [1.54, 1.807) is 130 Å². The number of amides is 8. The first kappa shape index (κ1) is 87.7. The number of ether oxygens (including phenoxy) is 3. The number of hydrogen-bond donors (Lipinski definition) is 9. The summed E-state index contributed by atoms with van der Waals surface area (Å²) in [4.78, 5) is 151. The number of methoxy groups -OCH3 is 1. The summed E-state index contributed by atoms with van der Waals surface area (Å²) in [5, 5.41) is 55.1. The second-order valence-corrected chi connectivity index (χ2v) is 33.6. The first-order chi connectivity index (χ1) is 57.7. The fraction of sp³-hybridized carbons (Fsp3) is 0.416. The molecule has 2 saturated heterocycles. The molecule has 12 atom stereocenters. The molecule has 8 heterocycles. The largest absolute Gasteiger partial charge is 0.491 e. The van der Waals surface area contributed by atoms with Gasteiger partial charge < -0.3 is 71.7 Å². The Bertz CT molecular complexity index is 5280. The summed E-state index contributed by atoms with van der Waals surface area (Å²) in [7, 11) is 4.33. The van der Waals surface area contributed by atoms with Crippen molar-refractivity contribution in [2.24, 2.45) is 16.7 Å². The van der Waals surface area contributed by atoms with Gasteiger partial charge in [-0.1, -0.05) is 161 Å². The Kier molecular flexibility index (Phi) is 27.7. The van der Waals surface area contributed by atoms with E-state index in [9.17, 15) is 29.1 Å². The number of ketones is 1. The second-order valence-electron chi connectivity index (χ2n) is 33.6. The molecule has 2 fully saturated rings. The fourth-order valence-corrected chi connectivity index (χ4v) is 15.4. The smallest absolute Gasteiger partial charge is 0.326 e. The van der Waals surface area contributed by atoms with E-state index in [1.807, 2.05) is 84.9 Å². The van der Waals surface area contributed by atoms with Crippen LogP contribution in [0, 0.1) is 28.4 Å². The minimum absolute atomic E-state index is 0.0513. The first-order valence-electron chi connectivity index (χ1n) is 40.4. The van der Waals surface area contributed by atoms with Gasteiger partial charge in [-0.2, -0.15) is 0 Å². The molecule has 9 aromatic rings. The first-order valence-corrected chi connectivity index (χ1v) is 40.4. The lowest BCUT2D eigenvalue weighted by Crippen LogP contribution is -2.60. The van der Waals surface area contributed by atoms with Gasteiger partial charge in [0.05, 0.1) is 49.7 Å². The van der Waals surface area contributed by atoms with Crippen LogP contribution in [0.5, 0.6) is 17.2 Å². The highest BCUT2D eigenvalue weighted by molar-refractivity contribution is 5.99. The minimum atomic E-state index is -1.53. The summed E-state index contributed by atoms with van der Waals surface area (Å²) in [6.45, 7) is 13.0. The second kappa shape index (κ2) is 38.2. The highest BCUT2D eigenvalue weighted by atomic mass is 19.1. The Morgan fingerprint density at radius 1 is 0.554 bits per heavy atom. The molecule has 32 heteroatoms. The SMILES string of the molecule is CN[C@@H](C)C(=O)N[C@H](C(=O)N1C[C@@H]2C[C@H]1C(=O)N[C@@H](Cc1ccc3ccccc3c1)C(=O)C[C@H](C(=O)NCc1cc(F)c(OC)c(F)c1)Cc1ccc(cc1)OCc1cn(nn1)[C@H]1C[C@@H](C(=O)N[C@@H](Cc3ccc4ccccc4c3)C(=O)N[C@H](C(=O)O)Cc3ccc(cc3)OCc3cn2nn3)N(C(=O)[C@@H](NC(=O)[C@H](C)NC)C(C)(C)C)C1)C(C)(C)C. The molecule has 6 aliphatic rings. The van der Waals surface area contributed by atoms with Crippen LogP contribution in [0.4, 0.5) is 8.78 Å². The fourth-order valence-electron chi connectivity index (χ4n) is 15.4. The van der Waals surface area contributed by atoms with Gasteiger partial charge in [-0.25, -0.2) is 22.9 Å². The van der Waals surface area contributed by atoms with Gasteiger partial charge in [-0.3, -0.25) is 43.2 Å². The molecule has 0 spiro atoms. The van der Waals surface area contributed by atoms with E-state index >= 15 is 32.8 Å². The number of Topliss-reactive ketones (excluding diaryl/α,β-unsaturated/α-hetero) is 1. The monoisotopic (exact) mass is 1660 g/mol. The molecule has 638 valence electrons. The number of benzene rings is 7. The highest BCUT2D eigenvalue weighted by Gasteiger charge is 2.49. The third-order valence-corrected chi connectivity index (χ3v) is 22.6. The van der Waals surface area contributed by atoms with Crippen molar-refractivity contribution in [2.45, 2.75) is 187 Å². The Labute approximate surface area is 699 Å². The zero-order chi connectivity index (χ0) is 86.7. The molecule has 15 rings (SSSR count).